The molecule has 1 amide bonds. The van der Waals surface area contributed by atoms with E-state index in [1.165, 1.54) is 0 Å². The van der Waals surface area contributed by atoms with Crippen LogP contribution in [0.5, 0.6) is 0 Å². The molecule has 2 fully saturated rings. The summed E-state index contributed by atoms with van der Waals surface area (Å²) in [7, 11) is -7.34. The van der Waals surface area contributed by atoms with Crippen LogP contribution in [0, 0.1) is 5.92 Å². The van der Waals surface area contributed by atoms with Crippen LogP contribution in [0.2, 0.25) is 0 Å². The van der Waals surface area contributed by atoms with Gasteiger partial charge in [0.05, 0.1) is 17.5 Å². The zero-order valence-electron chi connectivity index (χ0n) is 39.2. The molecule has 0 bridgehead atoms. The second-order valence-electron chi connectivity index (χ2n) is 19.0. The predicted molar refractivity (Wildman–Crippen MR) is 258 cm³/mol. The molecule has 4 aromatic carbocycles. The molecule has 7 nitrogen and oxygen atoms in total. The van der Waals surface area contributed by atoms with Gasteiger partial charge in [-0.2, -0.15) is 4.31 Å². The highest BCUT2D eigenvalue weighted by molar-refractivity contribution is 7.89. The Balaban J connectivity index is 1.60. The summed E-state index contributed by atoms with van der Waals surface area (Å²) in [5, 5.41) is 3.37. The molecule has 0 radical (unpaired) electrons. The van der Waals surface area contributed by atoms with Crippen LogP contribution in [0.4, 0.5) is 4.79 Å². The van der Waals surface area contributed by atoms with Crippen molar-refractivity contribution in [1.29, 1.82) is 0 Å². The first-order chi connectivity index (χ1) is 29.5. The number of carbonyl (C=O) groups excluding carboxylic acids is 1. The lowest BCUT2D eigenvalue weighted by Crippen LogP contribution is -2.75. The van der Waals surface area contributed by atoms with Crippen molar-refractivity contribution < 1.29 is 22.7 Å². The van der Waals surface area contributed by atoms with Crippen LogP contribution >= 0.6 is 0 Å². The van der Waals surface area contributed by atoms with Gasteiger partial charge in [-0.1, -0.05) is 164 Å². The lowest BCUT2D eigenvalue weighted by molar-refractivity contribution is 0.0218. The molecular formula is C53H72N2O5SSi. The fraction of sp³-hybridized carbons (Fsp3) is 0.491. The maximum atomic E-state index is 15.7. The van der Waals surface area contributed by atoms with E-state index in [0.717, 1.165) is 63.5 Å². The highest BCUT2D eigenvalue weighted by Gasteiger charge is 2.52. The summed E-state index contributed by atoms with van der Waals surface area (Å²) in [6.07, 6.45) is 5.23. The molecule has 1 heterocycles. The summed E-state index contributed by atoms with van der Waals surface area (Å²) in [4.78, 5) is 17.1. The monoisotopic (exact) mass is 876 g/mol. The van der Waals surface area contributed by atoms with Gasteiger partial charge in [0.25, 0.3) is 0 Å². The van der Waals surface area contributed by atoms with Crippen LogP contribution in [0.15, 0.2) is 120 Å². The van der Waals surface area contributed by atoms with E-state index in [-0.39, 0.29) is 47.9 Å². The molecule has 6 rings (SSSR count). The van der Waals surface area contributed by atoms with Gasteiger partial charge in [-0.05, 0) is 109 Å². The van der Waals surface area contributed by atoms with Crippen molar-refractivity contribution in [1.82, 2.24) is 9.21 Å². The average molecular weight is 877 g/mol. The Bertz CT molecular complexity index is 2110. The van der Waals surface area contributed by atoms with E-state index in [4.69, 9.17) is 9.47 Å². The van der Waals surface area contributed by atoms with Gasteiger partial charge in [-0.3, -0.25) is 0 Å². The summed E-state index contributed by atoms with van der Waals surface area (Å²) in [5.41, 5.74) is 3.31. The van der Waals surface area contributed by atoms with E-state index >= 15 is 8.42 Å². The quantitative estimate of drug-likeness (QED) is 0.0676. The molecule has 1 aliphatic carbocycles. The molecule has 1 aliphatic heterocycles. The molecule has 1 saturated heterocycles. The number of amides is 1. The normalized spacial score (nSPS) is 20.2. The van der Waals surface area contributed by atoms with Crippen LogP contribution in [0.1, 0.15) is 143 Å². The molecule has 0 spiro atoms. The van der Waals surface area contributed by atoms with Gasteiger partial charge in [0.1, 0.15) is 12.0 Å². The van der Waals surface area contributed by atoms with Gasteiger partial charge in [0.2, 0.25) is 10.0 Å². The third-order valence-corrected chi connectivity index (χ3v) is 20.2. The zero-order chi connectivity index (χ0) is 44.9. The molecule has 1 saturated carbocycles. The van der Waals surface area contributed by atoms with Gasteiger partial charge < -0.3 is 14.4 Å². The third-order valence-electron chi connectivity index (χ3n) is 13.2. The number of carbonyl (C=O) groups is 1. The third kappa shape index (κ3) is 9.43. The van der Waals surface area contributed by atoms with Crippen molar-refractivity contribution in [3.8, 4) is 0 Å². The number of nitrogens with zero attached hydrogens (tertiary/aromatic N) is 2. The van der Waals surface area contributed by atoms with E-state index in [0.29, 0.717) is 17.9 Å². The van der Waals surface area contributed by atoms with Crippen molar-refractivity contribution >= 4 is 39.8 Å². The van der Waals surface area contributed by atoms with Gasteiger partial charge in [-0.15, -0.1) is 0 Å². The summed E-state index contributed by atoms with van der Waals surface area (Å²) in [6, 6.07) is 35.5. The highest BCUT2D eigenvalue weighted by atomic mass is 32.2. The number of ether oxygens (including phenoxy) is 2. The fourth-order valence-corrected chi connectivity index (χ4v) is 17.5. The number of hydrogen-bond donors (Lipinski definition) is 0. The zero-order valence-corrected chi connectivity index (χ0v) is 41.0. The molecule has 2 aliphatic rings. The number of hydrogen-bond acceptors (Lipinski definition) is 5. The summed E-state index contributed by atoms with van der Waals surface area (Å²) in [6.45, 7) is 23.3. The molecule has 4 aromatic rings. The highest BCUT2D eigenvalue weighted by Crippen LogP contribution is 2.44. The van der Waals surface area contributed by atoms with Crippen LogP contribution < -0.4 is 15.6 Å². The molecule has 9 heteroatoms. The summed E-state index contributed by atoms with van der Waals surface area (Å²) in [5.74, 6) is 0.0248. The van der Waals surface area contributed by atoms with Crippen molar-refractivity contribution in [3.05, 3.63) is 131 Å². The van der Waals surface area contributed by atoms with E-state index < -0.39 is 30.1 Å². The minimum Gasteiger partial charge on any atom is -0.445 e. The lowest BCUT2D eigenvalue weighted by Gasteiger charge is -2.42. The van der Waals surface area contributed by atoms with E-state index in [2.05, 4.69) is 139 Å². The van der Waals surface area contributed by atoms with Crippen LogP contribution in [-0.4, -0.2) is 68.5 Å². The molecule has 334 valence electrons. The number of sulfonamides is 1. The molecule has 0 N–H and O–H groups in total. The van der Waals surface area contributed by atoms with Crippen molar-refractivity contribution in [2.45, 2.75) is 161 Å². The maximum absolute atomic E-state index is 15.7. The van der Waals surface area contributed by atoms with E-state index in [9.17, 15) is 4.79 Å². The van der Waals surface area contributed by atoms with Crippen molar-refractivity contribution in [2.24, 2.45) is 5.92 Å². The second-order valence-corrected chi connectivity index (χ2v) is 24.7. The first kappa shape index (κ1) is 47.5. The first-order valence-electron chi connectivity index (χ1n) is 23.2. The number of rotatable bonds is 15. The Morgan fingerprint density at radius 2 is 1.24 bits per heavy atom. The second kappa shape index (κ2) is 20.2. The molecule has 0 aromatic heterocycles. The topological polar surface area (TPSA) is 76.2 Å². The van der Waals surface area contributed by atoms with Crippen LogP contribution in [-0.2, 0) is 19.5 Å². The van der Waals surface area contributed by atoms with E-state index in [1.807, 2.05) is 50.8 Å². The van der Waals surface area contributed by atoms with Gasteiger partial charge in [0.15, 0.2) is 8.07 Å². The van der Waals surface area contributed by atoms with Crippen molar-refractivity contribution in [3.63, 3.8) is 0 Å². The first-order valence-corrected chi connectivity index (χ1v) is 26.8. The molecule has 4 atom stereocenters. The van der Waals surface area contributed by atoms with Crippen molar-refractivity contribution in [2.75, 3.05) is 6.61 Å². The lowest BCUT2D eigenvalue weighted by atomic mass is 9.82. The summed E-state index contributed by atoms with van der Waals surface area (Å²) >= 11 is 0. The largest absolute Gasteiger partial charge is 0.445 e. The molecule has 0 unspecified atom stereocenters. The minimum absolute atomic E-state index is 0.00175. The van der Waals surface area contributed by atoms with Crippen LogP contribution in [0.3, 0.4) is 0 Å². The Morgan fingerprint density at radius 3 is 1.66 bits per heavy atom. The van der Waals surface area contributed by atoms with Crippen LogP contribution in [0.25, 0.3) is 0 Å². The molecule has 62 heavy (non-hydrogen) atoms. The summed E-state index contributed by atoms with van der Waals surface area (Å²) < 4.78 is 47.1. The average Bonchev–Trinajstić information content (AvgIpc) is 3.70. The number of benzene rings is 4. The SMILES string of the molecule is CC[C@@H]1CO[C@H]([C@@H]2CCCC/C2=C\[C@H](OC(=O)N(C(C)C)C(C)C)[Si](c2ccccc2)(c2ccccc2)c2ccccc2)N1S(=O)(=O)c1c(C(C)C)cc(C(C)C)cc1C(C)C. The van der Waals surface area contributed by atoms with Gasteiger partial charge in [0, 0.05) is 18.0 Å². The Hall–Kier alpha value is -4.02. The smallest absolute Gasteiger partial charge is 0.410 e. The Morgan fingerprint density at radius 1 is 0.758 bits per heavy atom. The minimum atomic E-state index is -4.05. The molecular weight excluding hydrogens is 805 g/mol. The standard InChI is InChI=1S/C53H72N2O5SSi/c1-12-43-35-59-52(55(43)61(57,58)51-48(37(4)5)32-42(36(2)3)33-49(51)38(6)7)47-31-23-22-24-41(47)34-50(60-53(56)54(39(8)9)40(10)11)62(44-25-16-13-17-26-44,45-27-18-14-19-28-45)46-29-20-15-21-30-46/h13-21,25-30,32-34,36-40,43,47,50,52H,12,22-24,31,35H2,1-11H3/b41-34+/t43-,47-,50-,52-/m1/s1. The van der Waals surface area contributed by atoms with Gasteiger partial charge in [-0.25, -0.2) is 13.2 Å². The Labute approximate surface area is 375 Å². The Kier molecular flexibility index (Phi) is 15.5. The van der Waals surface area contributed by atoms with Gasteiger partial charge >= 0.3 is 6.09 Å². The van der Waals surface area contributed by atoms with E-state index in [1.54, 1.807) is 4.31 Å². The fourth-order valence-electron chi connectivity index (χ4n) is 10.1. The maximum Gasteiger partial charge on any atom is 0.410 e. The predicted octanol–water partition coefficient (Wildman–Crippen LogP) is 10.6.